The van der Waals surface area contributed by atoms with Gasteiger partial charge in [0.05, 0.1) is 51.8 Å². The fraction of sp³-hybridized carbons (Fsp3) is 0.684. The summed E-state index contributed by atoms with van der Waals surface area (Å²) in [5, 5.41) is 1.38. The smallest absolute Gasteiger partial charge is 0.187 e. The third kappa shape index (κ3) is 3.11. The Hall–Kier alpha value is -1.28. The average molecular weight is 376 g/mol. The van der Waals surface area contributed by atoms with Crippen LogP contribution in [-0.4, -0.2) is 69.5 Å². The first-order chi connectivity index (χ1) is 12.8. The minimum atomic E-state index is 0.860. The lowest BCUT2D eigenvalue weighted by atomic mass is 10.1. The summed E-state index contributed by atoms with van der Waals surface area (Å²) in [6.07, 6.45) is 3.73. The van der Waals surface area contributed by atoms with Gasteiger partial charge in [0.25, 0.3) is 0 Å². The first-order valence-corrected chi connectivity index (χ1v) is 10.9. The molecule has 1 aliphatic carbocycles. The first-order valence-electron chi connectivity index (χ1n) is 10.1. The van der Waals surface area contributed by atoms with Gasteiger partial charge in [0.15, 0.2) is 5.82 Å². The van der Waals surface area contributed by atoms with Crippen molar-refractivity contribution in [2.24, 2.45) is 0 Å². The van der Waals surface area contributed by atoms with Crippen molar-refractivity contribution >= 4 is 27.4 Å². The number of morpholine rings is 1. The summed E-state index contributed by atoms with van der Waals surface area (Å²) in [6, 6.07) is 0. The SMILES string of the molecule is C[NH+]1CCN(c2nc(C[NH+]3CCOCC3)nc3sc4c(c23)CCC4)CC1. The molecule has 140 valence electrons. The third-order valence-electron chi connectivity index (χ3n) is 6.12. The van der Waals surface area contributed by atoms with E-state index in [9.17, 15) is 0 Å². The van der Waals surface area contributed by atoms with Crippen molar-refractivity contribution in [1.29, 1.82) is 0 Å². The van der Waals surface area contributed by atoms with E-state index < -0.39 is 0 Å². The fourth-order valence-electron chi connectivity index (χ4n) is 4.49. The van der Waals surface area contributed by atoms with Crippen molar-refractivity contribution in [3.05, 3.63) is 16.3 Å². The minimum Gasteiger partial charge on any atom is -0.370 e. The highest BCUT2D eigenvalue weighted by Crippen LogP contribution is 2.40. The van der Waals surface area contributed by atoms with Crippen LogP contribution in [0.15, 0.2) is 0 Å². The number of hydrogen-bond acceptors (Lipinski definition) is 5. The van der Waals surface area contributed by atoms with Crippen LogP contribution in [0.25, 0.3) is 10.2 Å². The van der Waals surface area contributed by atoms with Crippen molar-refractivity contribution in [3.63, 3.8) is 0 Å². The molecule has 3 aliphatic rings. The van der Waals surface area contributed by atoms with Crippen LogP contribution in [-0.2, 0) is 24.1 Å². The van der Waals surface area contributed by atoms with E-state index in [1.165, 1.54) is 48.4 Å². The molecule has 5 rings (SSSR count). The van der Waals surface area contributed by atoms with Gasteiger partial charge < -0.3 is 19.4 Å². The number of likely N-dealkylation sites (N-methyl/N-ethyl adjacent to an activating group) is 1. The van der Waals surface area contributed by atoms with Gasteiger partial charge in [-0.25, -0.2) is 9.97 Å². The zero-order valence-electron chi connectivity index (χ0n) is 15.6. The number of aromatic nitrogens is 2. The number of nitrogens with zero attached hydrogens (tertiary/aromatic N) is 3. The van der Waals surface area contributed by atoms with Crippen LogP contribution >= 0.6 is 11.3 Å². The van der Waals surface area contributed by atoms with Gasteiger partial charge in [-0.2, -0.15) is 0 Å². The molecule has 0 amide bonds. The number of ether oxygens (including phenoxy) is 1. The molecule has 2 aliphatic heterocycles. The Kier molecular flexibility index (Phi) is 4.56. The molecule has 0 saturated carbocycles. The van der Waals surface area contributed by atoms with E-state index in [2.05, 4.69) is 11.9 Å². The largest absolute Gasteiger partial charge is 0.370 e. The monoisotopic (exact) mass is 375 g/mol. The number of fused-ring (bicyclic) bond motifs is 3. The molecule has 26 heavy (non-hydrogen) atoms. The number of thiophene rings is 1. The number of piperazine rings is 1. The number of quaternary nitrogens is 2. The van der Waals surface area contributed by atoms with Crippen molar-refractivity contribution in [2.75, 3.05) is 64.4 Å². The zero-order chi connectivity index (χ0) is 17.5. The van der Waals surface area contributed by atoms with Gasteiger partial charge in [-0.05, 0) is 24.8 Å². The van der Waals surface area contributed by atoms with E-state index in [1.54, 1.807) is 20.2 Å². The van der Waals surface area contributed by atoms with Crippen LogP contribution in [0.5, 0.6) is 0 Å². The summed E-state index contributed by atoms with van der Waals surface area (Å²) in [7, 11) is 2.29. The molecule has 2 aromatic rings. The molecule has 2 saturated heterocycles. The molecule has 0 bridgehead atoms. The van der Waals surface area contributed by atoms with Gasteiger partial charge in [-0.15, -0.1) is 11.3 Å². The van der Waals surface area contributed by atoms with Crippen molar-refractivity contribution in [3.8, 4) is 0 Å². The predicted molar refractivity (Wildman–Crippen MR) is 103 cm³/mol. The van der Waals surface area contributed by atoms with E-state index in [1.807, 2.05) is 11.3 Å². The number of anilines is 1. The second-order valence-electron chi connectivity index (χ2n) is 7.98. The summed E-state index contributed by atoms with van der Waals surface area (Å²) >= 11 is 1.92. The summed E-state index contributed by atoms with van der Waals surface area (Å²) in [4.78, 5) is 18.7. The van der Waals surface area contributed by atoms with Crippen LogP contribution in [0.3, 0.4) is 0 Å². The summed E-state index contributed by atoms with van der Waals surface area (Å²) < 4.78 is 5.51. The Labute approximate surface area is 158 Å². The Morgan fingerprint density at radius 2 is 1.88 bits per heavy atom. The highest BCUT2D eigenvalue weighted by molar-refractivity contribution is 7.19. The van der Waals surface area contributed by atoms with Crippen molar-refractivity contribution in [2.45, 2.75) is 25.8 Å². The Bertz CT molecular complexity index is 793. The Balaban J connectivity index is 1.53. The fourth-order valence-corrected chi connectivity index (χ4v) is 5.76. The lowest BCUT2D eigenvalue weighted by molar-refractivity contribution is -0.922. The quantitative estimate of drug-likeness (QED) is 0.717. The molecule has 2 fully saturated rings. The zero-order valence-corrected chi connectivity index (χ0v) is 16.5. The highest BCUT2D eigenvalue weighted by atomic mass is 32.1. The van der Waals surface area contributed by atoms with Crippen LogP contribution in [0.2, 0.25) is 0 Å². The van der Waals surface area contributed by atoms with Crippen LogP contribution in [0, 0.1) is 0 Å². The number of rotatable bonds is 3. The molecule has 7 heteroatoms. The van der Waals surface area contributed by atoms with Gasteiger partial charge in [0, 0.05) is 4.88 Å². The molecule has 0 atom stereocenters. The number of aryl methyl sites for hydroxylation is 2. The maximum Gasteiger partial charge on any atom is 0.187 e. The van der Waals surface area contributed by atoms with Gasteiger partial charge >= 0.3 is 0 Å². The van der Waals surface area contributed by atoms with Gasteiger partial charge in [0.2, 0.25) is 0 Å². The second kappa shape index (κ2) is 7.03. The molecule has 0 spiro atoms. The normalized spacial score (nSPS) is 22.3. The Morgan fingerprint density at radius 1 is 1.08 bits per heavy atom. The third-order valence-corrected chi connectivity index (χ3v) is 7.30. The van der Waals surface area contributed by atoms with E-state index in [0.717, 1.165) is 51.8 Å². The lowest BCUT2D eigenvalue weighted by Crippen LogP contribution is -3.12. The van der Waals surface area contributed by atoms with Crippen molar-refractivity contribution in [1.82, 2.24) is 9.97 Å². The predicted octanol–water partition coefficient (Wildman–Crippen LogP) is -1.07. The number of hydrogen-bond donors (Lipinski definition) is 2. The van der Waals surface area contributed by atoms with E-state index in [-0.39, 0.29) is 0 Å². The van der Waals surface area contributed by atoms with Crippen LogP contribution in [0.4, 0.5) is 5.82 Å². The highest BCUT2D eigenvalue weighted by Gasteiger charge is 2.28. The van der Waals surface area contributed by atoms with Gasteiger partial charge in [-0.1, -0.05) is 0 Å². The van der Waals surface area contributed by atoms with Crippen LogP contribution < -0.4 is 14.7 Å². The van der Waals surface area contributed by atoms with Crippen molar-refractivity contribution < 1.29 is 14.5 Å². The maximum atomic E-state index is 5.51. The summed E-state index contributed by atoms with van der Waals surface area (Å²) in [5.74, 6) is 2.25. The standard InChI is InChI=1S/C19H27N5OS/c1-22-5-7-24(8-6-22)18-17-14-3-2-4-15(14)26-19(17)21-16(20-18)13-23-9-11-25-12-10-23/h2-13H2,1H3/p+2. The minimum absolute atomic E-state index is 0.860. The molecule has 0 unspecified atom stereocenters. The molecular formula is C19H29N5OS+2. The molecule has 6 nitrogen and oxygen atoms in total. The van der Waals surface area contributed by atoms with E-state index in [4.69, 9.17) is 14.7 Å². The first kappa shape index (κ1) is 16.9. The topological polar surface area (TPSA) is 47.1 Å². The van der Waals surface area contributed by atoms with E-state index >= 15 is 0 Å². The second-order valence-corrected chi connectivity index (χ2v) is 9.07. The summed E-state index contributed by atoms with van der Waals surface area (Å²) in [5.41, 5.74) is 1.55. The van der Waals surface area contributed by atoms with E-state index in [0.29, 0.717) is 0 Å². The molecule has 0 radical (unpaired) electrons. The lowest BCUT2D eigenvalue weighted by Gasteiger charge is -2.31. The Morgan fingerprint density at radius 3 is 2.69 bits per heavy atom. The maximum absolute atomic E-state index is 5.51. The van der Waals surface area contributed by atoms with Gasteiger partial charge in [0.1, 0.15) is 30.3 Å². The van der Waals surface area contributed by atoms with Gasteiger partial charge in [-0.3, -0.25) is 0 Å². The molecule has 2 aromatic heterocycles. The average Bonchev–Trinajstić information content (AvgIpc) is 3.23. The molecule has 4 heterocycles. The summed E-state index contributed by atoms with van der Waals surface area (Å²) in [6.45, 7) is 9.37. The van der Waals surface area contributed by atoms with Crippen LogP contribution in [0.1, 0.15) is 22.7 Å². The molecular weight excluding hydrogens is 346 g/mol. The molecule has 2 N–H and O–H groups in total. The number of nitrogens with one attached hydrogen (secondary N) is 2. The molecule has 0 aromatic carbocycles.